The van der Waals surface area contributed by atoms with Crippen LogP contribution in [0.3, 0.4) is 0 Å². The molecule has 1 fully saturated rings. The zero-order valence-electron chi connectivity index (χ0n) is 14.9. The summed E-state index contributed by atoms with van der Waals surface area (Å²) in [5, 5.41) is 7.41. The Labute approximate surface area is 148 Å². The number of anilines is 1. The smallest absolute Gasteiger partial charge is 0.224 e. The zero-order chi connectivity index (χ0) is 17.6. The molecular weight excluding hydrogens is 316 g/mol. The van der Waals surface area contributed by atoms with Gasteiger partial charge in [0.25, 0.3) is 0 Å². The largest absolute Gasteiger partial charge is 0.494 e. The predicted octanol–water partition coefficient (Wildman–Crippen LogP) is 2.15. The van der Waals surface area contributed by atoms with Crippen LogP contribution in [0, 0.1) is 0 Å². The summed E-state index contributed by atoms with van der Waals surface area (Å²) in [5.41, 5.74) is 2.12. The van der Waals surface area contributed by atoms with E-state index in [4.69, 9.17) is 4.74 Å². The Hall–Kier alpha value is -2.50. The van der Waals surface area contributed by atoms with Crippen LogP contribution >= 0.6 is 0 Å². The van der Waals surface area contributed by atoms with Crippen molar-refractivity contribution in [3.05, 3.63) is 42.2 Å². The number of hydrogen-bond acceptors (Lipinski definition) is 4. The van der Waals surface area contributed by atoms with Gasteiger partial charge in [0.2, 0.25) is 5.91 Å². The molecule has 1 N–H and O–H groups in total. The Kier molecular flexibility index (Phi) is 5.58. The highest BCUT2D eigenvalue weighted by Gasteiger charge is 2.22. The second kappa shape index (κ2) is 8.05. The molecule has 2 heterocycles. The molecule has 1 aromatic heterocycles. The molecule has 0 bridgehead atoms. The summed E-state index contributed by atoms with van der Waals surface area (Å²) in [7, 11) is 1.92. The zero-order valence-corrected chi connectivity index (χ0v) is 14.9. The van der Waals surface area contributed by atoms with E-state index in [1.807, 2.05) is 55.3 Å². The second-order valence-electron chi connectivity index (χ2n) is 6.48. The van der Waals surface area contributed by atoms with E-state index in [0.717, 1.165) is 42.9 Å². The van der Waals surface area contributed by atoms with Crippen molar-refractivity contribution in [3.63, 3.8) is 0 Å². The number of piperidine rings is 1. The van der Waals surface area contributed by atoms with Crippen LogP contribution < -0.4 is 15.0 Å². The summed E-state index contributed by atoms with van der Waals surface area (Å²) in [6.07, 6.45) is 6.39. The Morgan fingerprint density at radius 2 is 2.16 bits per heavy atom. The van der Waals surface area contributed by atoms with Crippen LogP contribution in [-0.2, 0) is 18.3 Å². The average molecular weight is 342 g/mol. The number of nitrogens with zero attached hydrogens (tertiary/aromatic N) is 3. The maximum Gasteiger partial charge on any atom is 0.224 e. The lowest BCUT2D eigenvalue weighted by Gasteiger charge is -2.33. The minimum atomic E-state index is 0.0715. The molecule has 134 valence electrons. The average Bonchev–Trinajstić information content (AvgIpc) is 3.04. The van der Waals surface area contributed by atoms with Gasteiger partial charge in [0.15, 0.2) is 0 Å². The van der Waals surface area contributed by atoms with E-state index >= 15 is 0 Å². The van der Waals surface area contributed by atoms with Gasteiger partial charge in [0.05, 0.1) is 24.9 Å². The van der Waals surface area contributed by atoms with Crippen LogP contribution in [0.5, 0.6) is 5.75 Å². The molecule has 6 heteroatoms. The van der Waals surface area contributed by atoms with Crippen LogP contribution in [0.1, 0.15) is 25.3 Å². The monoisotopic (exact) mass is 342 g/mol. The molecule has 0 spiro atoms. The van der Waals surface area contributed by atoms with Crippen molar-refractivity contribution in [2.24, 2.45) is 7.05 Å². The van der Waals surface area contributed by atoms with Crippen molar-refractivity contribution in [2.75, 3.05) is 24.6 Å². The lowest BCUT2D eigenvalue weighted by molar-refractivity contribution is -0.121. The Balaban J connectivity index is 1.51. The van der Waals surface area contributed by atoms with E-state index in [2.05, 4.69) is 15.3 Å². The quantitative estimate of drug-likeness (QED) is 0.874. The number of benzene rings is 1. The first-order valence-electron chi connectivity index (χ1n) is 8.88. The Morgan fingerprint density at radius 3 is 2.84 bits per heavy atom. The van der Waals surface area contributed by atoms with Crippen LogP contribution in [0.2, 0.25) is 0 Å². The molecule has 1 aromatic carbocycles. The summed E-state index contributed by atoms with van der Waals surface area (Å²) in [6, 6.07) is 7.92. The van der Waals surface area contributed by atoms with Crippen LogP contribution in [0.25, 0.3) is 0 Å². The number of carbonyl (C=O) groups is 1. The fourth-order valence-corrected chi connectivity index (χ4v) is 3.24. The maximum atomic E-state index is 12.4. The number of aromatic nitrogens is 2. The van der Waals surface area contributed by atoms with Crippen molar-refractivity contribution in [1.82, 2.24) is 15.1 Å². The number of amides is 1. The van der Waals surface area contributed by atoms with Crippen LogP contribution in [0.4, 0.5) is 5.69 Å². The standard InChI is InChI=1S/C19H26N4O2/c1-3-25-18-8-6-15(7-9-18)11-19(24)21-16-5-4-10-23(13-16)17-12-20-22(2)14-17/h6-9,12,14,16H,3-5,10-11,13H2,1-2H3,(H,21,24). The number of hydrogen-bond donors (Lipinski definition) is 1. The van der Waals surface area contributed by atoms with E-state index < -0.39 is 0 Å². The summed E-state index contributed by atoms with van der Waals surface area (Å²) in [5.74, 6) is 0.910. The van der Waals surface area contributed by atoms with Gasteiger partial charge in [0, 0.05) is 32.4 Å². The molecule has 2 aromatic rings. The van der Waals surface area contributed by atoms with E-state index in [1.165, 1.54) is 0 Å². The molecule has 6 nitrogen and oxygen atoms in total. The third-order valence-corrected chi connectivity index (χ3v) is 4.44. The van der Waals surface area contributed by atoms with E-state index in [-0.39, 0.29) is 11.9 Å². The van der Waals surface area contributed by atoms with Gasteiger partial charge in [-0.2, -0.15) is 5.10 Å². The second-order valence-corrected chi connectivity index (χ2v) is 6.48. The SMILES string of the molecule is CCOc1ccc(CC(=O)NC2CCCN(c3cnn(C)c3)C2)cc1. The molecule has 1 aliphatic rings. The lowest BCUT2D eigenvalue weighted by atomic mass is 10.0. The van der Waals surface area contributed by atoms with Gasteiger partial charge in [-0.05, 0) is 37.5 Å². The molecule has 0 saturated carbocycles. The number of nitrogens with one attached hydrogen (secondary N) is 1. The van der Waals surface area contributed by atoms with Gasteiger partial charge in [-0.15, -0.1) is 0 Å². The lowest BCUT2D eigenvalue weighted by Crippen LogP contribution is -2.48. The van der Waals surface area contributed by atoms with Crippen molar-refractivity contribution < 1.29 is 9.53 Å². The summed E-state index contributed by atoms with van der Waals surface area (Å²) < 4.78 is 7.24. The summed E-state index contributed by atoms with van der Waals surface area (Å²) in [4.78, 5) is 14.7. The van der Waals surface area contributed by atoms with Gasteiger partial charge in [0.1, 0.15) is 5.75 Å². The van der Waals surface area contributed by atoms with E-state index in [9.17, 15) is 4.79 Å². The number of aryl methyl sites for hydroxylation is 1. The highest BCUT2D eigenvalue weighted by molar-refractivity contribution is 5.79. The van der Waals surface area contributed by atoms with Gasteiger partial charge in [-0.1, -0.05) is 12.1 Å². The molecule has 0 radical (unpaired) electrons. The normalized spacial score (nSPS) is 17.4. The van der Waals surface area contributed by atoms with Crippen molar-refractivity contribution in [1.29, 1.82) is 0 Å². The van der Waals surface area contributed by atoms with Crippen molar-refractivity contribution in [3.8, 4) is 5.75 Å². The molecule has 1 amide bonds. The molecule has 1 aliphatic heterocycles. The highest BCUT2D eigenvalue weighted by atomic mass is 16.5. The maximum absolute atomic E-state index is 12.4. The Morgan fingerprint density at radius 1 is 1.36 bits per heavy atom. The van der Waals surface area contributed by atoms with Gasteiger partial charge >= 0.3 is 0 Å². The first-order valence-corrected chi connectivity index (χ1v) is 8.88. The molecule has 25 heavy (non-hydrogen) atoms. The highest BCUT2D eigenvalue weighted by Crippen LogP contribution is 2.19. The number of carbonyl (C=O) groups excluding carboxylic acids is 1. The molecule has 1 atom stereocenters. The minimum Gasteiger partial charge on any atom is -0.494 e. The third kappa shape index (κ3) is 4.75. The van der Waals surface area contributed by atoms with Crippen LogP contribution in [-0.4, -0.2) is 41.4 Å². The fourth-order valence-electron chi connectivity index (χ4n) is 3.24. The fraction of sp³-hybridized carbons (Fsp3) is 0.474. The molecule has 3 rings (SSSR count). The molecule has 1 unspecified atom stereocenters. The van der Waals surface area contributed by atoms with Gasteiger partial charge in [-0.3, -0.25) is 9.48 Å². The number of ether oxygens (including phenoxy) is 1. The molecule has 1 saturated heterocycles. The summed E-state index contributed by atoms with van der Waals surface area (Å²) >= 11 is 0. The topological polar surface area (TPSA) is 59.4 Å². The first kappa shape index (κ1) is 17.3. The van der Waals surface area contributed by atoms with E-state index in [0.29, 0.717) is 13.0 Å². The first-order chi connectivity index (χ1) is 12.1. The van der Waals surface area contributed by atoms with Crippen molar-refractivity contribution in [2.45, 2.75) is 32.2 Å². The Bertz CT molecular complexity index is 696. The minimum absolute atomic E-state index is 0.0715. The summed E-state index contributed by atoms with van der Waals surface area (Å²) in [6.45, 7) is 4.45. The third-order valence-electron chi connectivity index (χ3n) is 4.44. The van der Waals surface area contributed by atoms with Gasteiger partial charge < -0.3 is 15.0 Å². The number of rotatable bonds is 6. The van der Waals surface area contributed by atoms with Crippen LogP contribution in [0.15, 0.2) is 36.7 Å². The van der Waals surface area contributed by atoms with E-state index in [1.54, 1.807) is 0 Å². The molecular formula is C19H26N4O2. The predicted molar refractivity (Wildman–Crippen MR) is 97.9 cm³/mol. The van der Waals surface area contributed by atoms with Crippen molar-refractivity contribution >= 4 is 11.6 Å². The van der Waals surface area contributed by atoms with Gasteiger partial charge in [-0.25, -0.2) is 0 Å². The molecule has 0 aliphatic carbocycles.